The first-order valence-corrected chi connectivity index (χ1v) is 6.18. The van der Waals surface area contributed by atoms with E-state index in [1.54, 1.807) is 36.4 Å². The number of amides is 2. The van der Waals surface area contributed by atoms with Crippen molar-refractivity contribution < 1.29 is 4.79 Å². The molecule has 7 heteroatoms. The zero-order valence-electron chi connectivity index (χ0n) is 10.7. The molecular weight excluding hydrogens is 266 g/mol. The Labute approximate surface area is 116 Å². The van der Waals surface area contributed by atoms with E-state index in [1.807, 2.05) is 13.0 Å². The number of pyridine rings is 1. The summed E-state index contributed by atoms with van der Waals surface area (Å²) in [6.07, 6.45) is 5.03. The number of anilines is 1. The number of hydrogen-bond acceptors (Lipinski definition) is 3. The standard InChI is InChI=1S/C12H14ClN5O/c1-3-15-12(19)17(2)10-8-18(16-11(10)13)9-5-4-6-14-7-9/h4-8H,3H2,1-2H3,(H,15,19). The molecule has 19 heavy (non-hydrogen) atoms. The summed E-state index contributed by atoms with van der Waals surface area (Å²) in [6.45, 7) is 2.41. The lowest BCUT2D eigenvalue weighted by molar-refractivity contribution is 0.248. The van der Waals surface area contributed by atoms with Crippen LogP contribution >= 0.6 is 11.6 Å². The van der Waals surface area contributed by atoms with Gasteiger partial charge < -0.3 is 5.32 Å². The third kappa shape index (κ3) is 2.85. The van der Waals surface area contributed by atoms with Crippen LogP contribution in [0.1, 0.15) is 6.92 Å². The molecule has 0 saturated carbocycles. The van der Waals surface area contributed by atoms with Crippen molar-refractivity contribution in [3.63, 3.8) is 0 Å². The maximum absolute atomic E-state index is 11.7. The second kappa shape index (κ2) is 5.71. The molecule has 0 aliphatic carbocycles. The van der Waals surface area contributed by atoms with Gasteiger partial charge in [0.25, 0.3) is 0 Å². The second-order valence-electron chi connectivity index (χ2n) is 3.86. The third-order valence-corrected chi connectivity index (χ3v) is 2.83. The lowest BCUT2D eigenvalue weighted by Crippen LogP contribution is -2.37. The molecule has 0 saturated heterocycles. The van der Waals surface area contributed by atoms with Gasteiger partial charge in [-0.3, -0.25) is 9.88 Å². The normalized spacial score (nSPS) is 10.3. The summed E-state index contributed by atoms with van der Waals surface area (Å²) in [5.41, 5.74) is 1.32. The molecule has 2 rings (SSSR count). The Balaban J connectivity index is 2.29. The van der Waals surface area contributed by atoms with E-state index in [4.69, 9.17) is 11.6 Å². The predicted octanol–water partition coefficient (Wildman–Crippen LogP) is 2.09. The summed E-state index contributed by atoms with van der Waals surface area (Å²) in [5.74, 6) is 0. The maximum atomic E-state index is 11.7. The van der Waals surface area contributed by atoms with Gasteiger partial charge in [0.2, 0.25) is 0 Å². The average molecular weight is 280 g/mol. The minimum Gasteiger partial charge on any atom is -0.338 e. The topological polar surface area (TPSA) is 63.1 Å². The Hall–Kier alpha value is -2.08. The average Bonchev–Trinajstić information content (AvgIpc) is 2.81. The van der Waals surface area contributed by atoms with Gasteiger partial charge in [-0.2, -0.15) is 5.10 Å². The van der Waals surface area contributed by atoms with E-state index < -0.39 is 0 Å². The Morgan fingerprint density at radius 3 is 3.00 bits per heavy atom. The highest BCUT2D eigenvalue weighted by molar-refractivity contribution is 6.32. The zero-order valence-corrected chi connectivity index (χ0v) is 11.4. The third-order valence-electron chi connectivity index (χ3n) is 2.56. The summed E-state index contributed by atoms with van der Waals surface area (Å²) in [5, 5.41) is 7.13. The van der Waals surface area contributed by atoms with E-state index in [1.165, 1.54) is 4.90 Å². The molecule has 0 spiro atoms. The zero-order chi connectivity index (χ0) is 13.8. The lowest BCUT2D eigenvalue weighted by atomic mass is 10.4. The van der Waals surface area contributed by atoms with Crippen LogP contribution < -0.4 is 10.2 Å². The molecule has 2 amide bonds. The summed E-state index contributed by atoms with van der Waals surface area (Å²) in [4.78, 5) is 17.2. The van der Waals surface area contributed by atoms with Gasteiger partial charge in [-0.25, -0.2) is 9.48 Å². The quantitative estimate of drug-likeness (QED) is 0.936. The molecule has 2 aromatic rings. The predicted molar refractivity (Wildman–Crippen MR) is 73.8 cm³/mol. The van der Waals surface area contributed by atoms with Crippen LogP contribution in [-0.2, 0) is 0 Å². The van der Waals surface area contributed by atoms with Crippen molar-refractivity contribution in [1.29, 1.82) is 0 Å². The molecule has 0 unspecified atom stereocenters. The van der Waals surface area contributed by atoms with Crippen LogP contribution in [0.15, 0.2) is 30.7 Å². The van der Waals surface area contributed by atoms with Crippen LogP contribution in [0.4, 0.5) is 10.5 Å². The Bertz CT molecular complexity index is 569. The number of nitrogens with zero attached hydrogens (tertiary/aromatic N) is 4. The molecule has 0 radical (unpaired) electrons. The molecule has 6 nitrogen and oxygen atoms in total. The molecule has 0 fully saturated rings. The van der Waals surface area contributed by atoms with Crippen molar-refractivity contribution >= 4 is 23.3 Å². The molecule has 0 atom stereocenters. The van der Waals surface area contributed by atoms with Crippen molar-refractivity contribution in [2.24, 2.45) is 0 Å². The lowest BCUT2D eigenvalue weighted by Gasteiger charge is -2.15. The number of rotatable bonds is 3. The number of carbonyl (C=O) groups is 1. The smallest absolute Gasteiger partial charge is 0.321 e. The molecule has 0 aliphatic rings. The van der Waals surface area contributed by atoms with Gasteiger partial charge in [0.1, 0.15) is 5.69 Å². The fourth-order valence-electron chi connectivity index (χ4n) is 1.57. The first-order chi connectivity index (χ1) is 9.13. The number of urea groups is 1. The van der Waals surface area contributed by atoms with E-state index in [2.05, 4.69) is 15.4 Å². The minimum atomic E-state index is -0.227. The first kappa shape index (κ1) is 13.4. The number of hydrogen-bond donors (Lipinski definition) is 1. The van der Waals surface area contributed by atoms with Gasteiger partial charge in [0.15, 0.2) is 5.15 Å². The van der Waals surface area contributed by atoms with Crippen molar-refractivity contribution in [2.75, 3.05) is 18.5 Å². The highest BCUT2D eigenvalue weighted by Crippen LogP contribution is 2.24. The Morgan fingerprint density at radius 2 is 2.37 bits per heavy atom. The molecule has 2 aromatic heterocycles. The van der Waals surface area contributed by atoms with Crippen molar-refractivity contribution in [1.82, 2.24) is 20.1 Å². The molecule has 100 valence electrons. The van der Waals surface area contributed by atoms with Crippen LogP contribution in [0.25, 0.3) is 5.69 Å². The largest absolute Gasteiger partial charge is 0.338 e. The molecule has 0 aliphatic heterocycles. The minimum absolute atomic E-state index is 0.227. The SMILES string of the molecule is CCNC(=O)N(C)c1cn(-c2cccnc2)nc1Cl. The van der Waals surface area contributed by atoms with Gasteiger partial charge in [-0.1, -0.05) is 11.6 Å². The summed E-state index contributed by atoms with van der Waals surface area (Å²) < 4.78 is 1.58. The number of halogens is 1. The number of carbonyl (C=O) groups excluding carboxylic acids is 1. The van der Waals surface area contributed by atoms with Crippen LogP contribution in [0.5, 0.6) is 0 Å². The summed E-state index contributed by atoms with van der Waals surface area (Å²) in [6, 6.07) is 3.43. The Kier molecular flexibility index (Phi) is 4.01. The highest BCUT2D eigenvalue weighted by Gasteiger charge is 2.17. The van der Waals surface area contributed by atoms with Crippen LogP contribution in [-0.4, -0.2) is 34.4 Å². The molecular formula is C12H14ClN5O. The van der Waals surface area contributed by atoms with Gasteiger partial charge in [-0.15, -0.1) is 0 Å². The first-order valence-electron chi connectivity index (χ1n) is 5.80. The van der Waals surface area contributed by atoms with Gasteiger partial charge >= 0.3 is 6.03 Å². The number of aromatic nitrogens is 3. The van der Waals surface area contributed by atoms with E-state index >= 15 is 0 Å². The molecule has 0 bridgehead atoms. The van der Waals surface area contributed by atoms with E-state index in [-0.39, 0.29) is 11.2 Å². The van der Waals surface area contributed by atoms with Gasteiger partial charge in [-0.05, 0) is 19.1 Å². The van der Waals surface area contributed by atoms with Crippen molar-refractivity contribution in [2.45, 2.75) is 6.92 Å². The van der Waals surface area contributed by atoms with E-state index in [0.717, 1.165) is 5.69 Å². The fourth-order valence-corrected chi connectivity index (χ4v) is 1.83. The van der Waals surface area contributed by atoms with Crippen LogP contribution in [0.3, 0.4) is 0 Å². The molecule has 2 heterocycles. The monoisotopic (exact) mass is 279 g/mol. The Morgan fingerprint density at radius 1 is 1.58 bits per heavy atom. The highest BCUT2D eigenvalue weighted by atomic mass is 35.5. The summed E-state index contributed by atoms with van der Waals surface area (Å²) >= 11 is 6.06. The van der Waals surface area contributed by atoms with Crippen molar-refractivity contribution in [3.05, 3.63) is 35.9 Å². The van der Waals surface area contributed by atoms with Crippen LogP contribution in [0.2, 0.25) is 5.15 Å². The number of nitrogens with one attached hydrogen (secondary N) is 1. The molecule has 1 N–H and O–H groups in total. The molecule has 0 aromatic carbocycles. The van der Waals surface area contributed by atoms with Gasteiger partial charge in [0, 0.05) is 19.8 Å². The van der Waals surface area contributed by atoms with E-state index in [9.17, 15) is 4.79 Å². The van der Waals surface area contributed by atoms with E-state index in [0.29, 0.717) is 12.2 Å². The fraction of sp³-hybridized carbons (Fsp3) is 0.250. The van der Waals surface area contributed by atoms with Crippen molar-refractivity contribution in [3.8, 4) is 5.69 Å². The second-order valence-corrected chi connectivity index (χ2v) is 4.21. The maximum Gasteiger partial charge on any atom is 0.321 e. The van der Waals surface area contributed by atoms with Crippen LogP contribution in [0, 0.1) is 0 Å². The summed E-state index contributed by atoms with van der Waals surface area (Å²) in [7, 11) is 1.64. The van der Waals surface area contributed by atoms with Gasteiger partial charge in [0.05, 0.1) is 18.1 Å².